The first-order chi connectivity index (χ1) is 13.0. The number of nitrogens with zero attached hydrogens (tertiary/aromatic N) is 1. The molecule has 0 spiro atoms. The number of anilines is 1. The summed E-state index contributed by atoms with van der Waals surface area (Å²) in [5.41, 5.74) is 2.79. The van der Waals surface area contributed by atoms with E-state index < -0.39 is 6.29 Å². The summed E-state index contributed by atoms with van der Waals surface area (Å²) in [6, 6.07) is 11.1. The topological polar surface area (TPSA) is 60.5 Å². The second-order valence-electron chi connectivity index (χ2n) is 6.11. The average Bonchev–Trinajstić information content (AvgIpc) is 3.04. The van der Waals surface area contributed by atoms with Crippen LogP contribution in [-0.4, -0.2) is 23.7 Å². The van der Waals surface area contributed by atoms with E-state index in [1.165, 1.54) is 11.3 Å². The summed E-state index contributed by atoms with van der Waals surface area (Å²) in [4.78, 5) is 17.5. The Kier molecular flexibility index (Phi) is 4.86. The van der Waals surface area contributed by atoms with Crippen molar-refractivity contribution in [3.8, 4) is 5.75 Å². The van der Waals surface area contributed by atoms with Crippen LogP contribution in [0.3, 0.4) is 0 Å². The first-order valence-electron chi connectivity index (χ1n) is 8.51. The van der Waals surface area contributed by atoms with Crippen LogP contribution in [0.4, 0.5) is 5.13 Å². The second kappa shape index (κ2) is 7.31. The largest absolute Gasteiger partial charge is 0.460 e. The molecule has 1 N–H and O–H groups in total. The standard InChI is InChI=1S/C20H17ClN2O3S/c1-3-25-19-14(18(24)13-8-11(2)4-7-16(13)26-19)10-22-20-23-15-6-5-12(21)9-17(15)27-20/h4-10,19H,3H2,1-2H3,(H,22,23)/b14-10+/t19-/m0/s1. The monoisotopic (exact) mass is 400 g/mol. The van der Waals surface area contributed by atoms with Gasteiger partial charge in [0.1, 0.15) is 5.75 Å². The molecule has 0 fully saturated rings. The Labute approximate surface area is 165 Å². The van der Waals surface area contributed by atoms with Crippen LogP contribution in [-0.2, 0) is 4.74 Å². The highest BCUT2D eigenvalue weighted by Crippen LogP contribution is 2.33. The Morgan fingerprint density at radius 3 is 3.00 bits per heavy atom. The molecule has 0 radical (unpaired) electrons. The van der Waals surface area contributed by atoms with Crippen LogP contribution >= 0.6 is 22.9 Å². The molecule has 2 aromatic carbocycles. The molecule has 0 saturated heterocycles. The second-order valence-corrected chi connectivity index (χ2v) is 7.58. The van der Waals surface area contributed by atoms with Crippen LogP contribution in [0.15, 0.2) is 48.2 Å². The highest BCUT2D eigenvalue weighted by atomic mass is 35.5. The fourth-order valence-electron chi connectivity index (χ4n) is 2.87. The minimum atomic E-state index is -0.756. The van der Waals surface area contributed by atoms with E-state index in [0.29, 0.717) is 33.6 Å². The third kappa shape index (κ3) is 3.56. The number of nitrogens with one attached hydrogen (secondary N) is 1. The number of benzene rings is 2. The van der Waals surface area contributed by atoms with E-state index in [-0.39, 0.29) is 5.78 Å². The predicted octanol–water partition coefficient (Wildman–Crippen LogP) is 5.19. The van der Waals surface area contributed by atoms with Crippen molar-refractivity contribution in [2.45, 2.75) is 20.1 Å². The zero-order valence-corrected chi connectivity index (χ0v) is 16.4. The number of ether oxygens (including phenoxy) is 2. The minimum absolute atomic E-state index is 0.116. The van der Waals surface area contributed by atoms with E-state index in [2.05, 4.69) is 10.3 Å². The van der Waals surface area contributed by atoms with E-state index in [0.717, 1.165) is 15.8 Å². The van der Waals surface area contributed by atoms with Gasteiger partial charge in [-0.2, -0.15) is 0 Å². The molecule has 0 saturated carbocycles. The van der Waals surface area contributed by atoms with Gasteiger partial charge in [-0.05, 0) is 44.2 Å². The van der Waals surface area contributed by atoms with Crippen molar-refractivity contribution >= 4 is 44.1 Å². The number of carbonyl (C=O) groups excluding carboxylic acids is 1. The SMILES string of the molecule is CCO[C@H]1Oc2ccc(C)cc2C(=O)/C1=C\Nc1nc2ccc(Cl)cc2s1. The summed E-state index contributed by atoms with van der Waals surface area (Å²) in [5, 5.41) is 4.44. The summed E-state index contributed by atoms with van der Waals surface area (Å²) in [6.45, 7) is 4.23. The molecule has 1 aliphatic heterocycles. The van der Waals surface area contributed by atoms with E-state index in [9.17, 15) is 4.79 Å². The number of halogens is 1. The van der Waals surface area contributed by atoms with E-state index in [1.54, 1.807) is 18.3 Å². The van der Waals surface area contributed by atoms with E-state index >= 15 is 0 Å². The zero-order chi connectivity index (χ0) is 19.0. The number of rotatable bonds is 4. The highest BCUT2D eigenvalue weighted by molar-refractivity contribution is 7.22. The number of carbonyl (C=O) groups is 1. The number of hydrogen-bond acceptors (Lipinski definition) is 6. The Hall–Kier alpha value is -2.41. The summed E-state index contributed by atoms with van der Waals surface area (Å²) in [5.74, 6) is 0.422. The van der Waals surface area contributed by atoms with Gasteiger partial charge in [-0.3, -0.25) is 4.79 Å². The number of Topliss-reactive ketones (excluding diaryl/α,β-unsaturated/α-hetero) is 1. The molecule has 7 heteroatoms. The van der Waals surface area contributed by atoms with Gasteiger partial charge in [0.15, 0.2) is 10.9 Å². The minimum Gasteiger partial charge on any atom is -0.460 e. The number of fused-ring (bicyclic) bond motifs is 2. The lowest BCUT2D eigenvalue weighted by molar-refractivity contribution is -0.0509. The first kappa shape index (κ1) is 18.0. The van der Waals surface area contributed by atoms with Crippen LogP contribution in [0.5, 0.6) is 5.75 Å². The van der Waals surface area contributed by atoms with Crippen molar-refractivity contribution in [1.82, 2.24) is 4.98 Å². The van der Waals surface area contributed by atoms with Gasteiger partial charge in [0.2, 0.25) is 6.29 Å². The summed E-state index contributed by atoms with van der Waals surface area (Å²) in [7, 11) is 0. The lowest BCUT2D eigenvalue weighted by Gasteiger charge is -2.27. The summed E-state index contributed by atoms with van der Waals surface area (Å²) < 4.78 is 12.5. The highest BCUT2D eigenvalue weighted by Gasteiger charge is 2.32. The maximum absolute atomic E-state index is 13.0. The molecule has 4 rings (SSSR count). The molecule has 138 valence electrons. The molecule has 5 nitrogen and oxygen atoms in total. The van der Waals surface area contributed by atoms with Gasteiger partial charge in [-0.15, -0.1) is 0 Å². The van der Waals surface area contributed by atoms with Crippen molar-refractivity contribution in [2.75, 3.05) is 11.9 Å². The molecule has 0 unspecified atom stereocenters. The molecular formula is C20H17ClN2O3S. The number of aryl methyl sites for hydroxylation is 1. The fourth-order valence-corrected chi connectivity index (χ4v) is 3.98. The molecule has 1 atom stereocenters. The Bertz CT molecular complexity index is 1060. The van der Waals surface area contributed by atoms with Crippen LogP contribution in [0.25, 0.3) is 10.2 Å². The smallest absolute Gasteiger partial charge is 0.232 e. The van der Waals surface area contributed by atoms with Crippen LogP contribution in [0.1, 0.15) is 22.8 Å². The summed E-state index contributed by atoms with van der Waals surface area (Å²) in [6.07, 6.45) is 0.863. The molecule has 27 heavy (non-hydrogen) atoms. The average molecular weight is 401 g/mol. The third-order valence-corrected chi connectivity index (χ3v) is 5.33. The van der Waals surface area contributed by atoms with Crippen LogP contribution in [0.2, 0.25) is 5.02 Å². The van der Waals surface area contributed by atoms with Gasteiger partial charge < -0.3 is 14.8 Å². The first-order valence-corrected chi connectivity index (χ1v) is 9.71. The molecule has 1 aromatic heterocycles. The van der Waals surface area contributed by atoms with Crippen molar-refractivity contribution in [1.29, 1.82) is 0 Å². The maximum Gasteiger partial charge on any atom is 0.232 e. The lowest BCUT2D eigenvalue weighted by atomic mass is 9.98. The molecule has 1 aliphatic rings. The number of hydrogen-bond donors (Lipinski definition) is 1. The Morgan fingerprint density at radius 2 is 2.19 bits per heavy atom. The maximum atomic E-state index is 13.0. The predicted molar refractivity (Wildman–Crippen MR) is 108 cm³/mol. The van der Waals surface area contributed by atoms with Gasteiger partial charge in [-0.1, -0.05) is 34.6 Å². The Morgan fingerprint density at radius 1 is 1.33 bits per heavy atom. The van der Waals surface area contributed by atoms with Crippen LogP contribution < -0.4 is 10.1 Å². The van der Waals surface area contributed by atoms with Crippen molar-refractivity contribution in [2.24, 2.45) is 0 Å². The van der Waals surface area contributed by atoms with E-state index in [4.69, 9.17) is 21.1 Å². The fraction of sp³-hybridized carbons (Fsp3) is 0.200. The summed E-state index contributed by atoms with van der Waals surface area (Å²) >= 11 is 7.49. The molecule has 0 bridgehead atoms. The molecule has 3 aromatic rings. The van der Waals surface area contributed by atoms with Gasteiger partial charge in [0.05, 0.1) is 21.4 Å². The van der Waals surface area contributed by atoms with Crippen molar-refractivity contribution < 1.29 is 14.3 Å². The zero-order valence-electron chi connectivity index (χ0n) is 14.8. The number of thiazole rings is 1. The van der Waals surface area contributed by atoms with Gasteiger partial charge in [0.25, 0.3) is 0 Å². The Balaban J connectivity index is 1.67. The van der Waals surface area contributed by atoms with Crippen LogP contribution in [0, 0.1) is 6.92 Å². The lowest BCUT2D eigenvalue weighted by Crippen LogP contribution is -2.33. The molecule has 2 heterocycles. The van der Waals surface area contributed by atoms with Gasteiger partial charge in [0, 0.05) is 17.8 Å². The normalized spacial score (nSPS) is 17.8. The number of aromatic nitrogens is 1. The van der Waals surface area contributed by atoms with Gasteiger partial charge >= 0.3 is 0 Å². The molecular weight excluding hydrogens is 384 g/mol. The van der Waals surface area contributed by atoms with Crippen molar-refractivity contribution in [3.05, 3.63) is 64.3 Å². The molecule has 0 amide bonds. The van der Waals surface area contributed by atoms with E-state index in [1.807, 2.05) is 38.1 Å². The van der Waals surface area contributed by atoms with Gasteiger partial charge in [-0.25, -0.2) is 4.98 Å². The third-order valence-electron chi connectivity index (χ3n) is 4.15. The quantitative estimate of drug-likeness (QED) is 0.610. The number of ketones is 1. The molecule has 0 aliphatic carbocycles. The van der Waals surface area contributed by atoms with Crippen molar-refractivity contribution in [3.63, 3.8) is 0 Å².